The van der Waals surface area contributed by atoms with Gasteiger partial charge in [0.15, 0.2) is 0 Å². The lowest BCUT2D eigenvalue weighted by atomic mass is 9.95. The van der Waals surface area contributed by atoms with Gasteiger partial charge in [-0.05, 0) is 42.0 Å². The third-order valence-corrected chi connectivity index (χ3v) is 6.97. The molecule has 0 bridgehead atoms. The second-order valence-electron chi connectivity index (χ2n) is 8.85. The number of piperidine rings is 1. The van der Waals surface area contributed by atoms with Crippen LogP contribution in [0.4, 0.5) is 11.4 Å². The van der Waals surface area contributed by atoms with Crippen LogP contribution >= 0.6 is 0 Å². The molecule has 2 heterocycles. The van der Waals surface area contributed by atoms with E-state index < -0.39 is 10.6 Å². The van der Waals surface area contributed by atoms with Crippen molar-refractivity contribution in [1.29, 1.82) is 0 Å². The Bertz CT molecular complexity index is 1190. The summed E-state index contributed by atoms with van der Waals surface area (Å²) < 4.78 is 11.7. The normalized spacial score (nSPS) is 19.1. The Morgan fingerprint density at radius 3 is 2.26 bits per heavy atom. The van der Waals surface area contributed by atoms with Gasteiger partial charge in [-0.25, -0.2) is 0 Å². The molecule has 2 aliphatic rings. The lowest BCUT2D eigenvalue weighted by molar-refractivity contribution is -0.384. The fourth-order valence-electron chi connectivity index (χ4n) is 5.07. The molecule has 1 amide bonds. The summed E-state index contributed by atoms with van der Waals surface area (Å²) in [5, 5.41) is 11.0. The standard InChI is InChI=1S/C27H27N3O5/c1-34-24-13-7-21(8-14-24)26(31)29-25(20-5-3-2-4-6-20)19-35-27(29)15-17-28(18-16-27)22-9-11-23(12-10-22)30(32)33/h2-14,25H,15-19H2,1H3/t25-/m0/s1. The fraction of sp³-hybridized carbons (Fsp3) is 0.296. The zero-order valence-electron chi connectivity index (χ0n) is 19.5. The predicted octanol–water partition coefficient (Wildman–Crippen LogP) is 4.81. The number of carbonyl (C=O) groups is 1. The number of ether oxygens (including phenoxy) is 2. The van der Waals surface area contributed by atoms with Gasteiger partial charge in [0.25, 0.3) is 11.6 Å². The van der Waals surface area contributed by atoms with Crippen molar-refractivity contribution in [3.63, 3.8) is 0 Å². The third-order valence-electron chi connectivity index (χ3n) is 6.97. The number of amides is 1. The molecule has 1 atom stereocenters. The second-order valence-corrected chi connectivity index (χ2v) is 8.85. The summed E-state index contributed by atoms with van der Waals surface area (Å²) in [5.41, 5.74) is 1.92. The zero-order chi connectivity index (χ0) is 24.4. The number of nitro benzene ring substituents is 1. The molecule has 8 heteroatoms. The first kappa shape index (κ1) is 22.9. The van der Waals surface area contributed by atoms with Gasteiger partial charge in [0.1, 0.15) is 11.5 Å². The van der Waals surface area contributed by atoms with Gasteiger partial charge in [-0.2, -0.15) is 0 Å². The number of nitro groups is 1. The van der Waals surface area contributed by atoms with Crippen LogP contribution in [0.2, 0.25) is 0 Å². The summed E-state index contributed by atoms with van der Waals surface area (Å²) in [6.45, 7) is 1.78. The molecule has 2 aliphatic heterocycles. The van der Waals surface area contributed by atoms with Crippen molar-refractivity contribution in [3.8, 4) is 5.75 Å². The maximum Gasteiger partial charge on any atom is 0.269 e. The molecule has 180 valence electrons. The number of carbonyl (C=O) groups excluding carboxylic acids is 1. The first-order chi connectivity index (χ1) is 17.0. The number of non-ortho nitro benzene ring substituents is 1. The van der Waals surface area contributed by atoms with E-state index in [2.05, 4.69) is 4.90 Å². The van der Waals surface area contributed by atoms with Crippen molar-refractivity contribution < 1.29 is 19.2 Å². The number of nitrogens with zero attached hydrogens (tertiary/aromatic N) is 3. The van der Waals surface area contributed by atoms with Crippen molar-refractivity contribution in [3.05, 3.63) is 100 Å². The van der Waals surface area contributed by atoms with Crippen LogP contribution in [0.1, 0.15) is 34.8 Å². The number of methoxy groups -OCH3 is 1. The minimum atomic E-state index is -0.713. The van der Waals surface area contributed by atoms with E-state index in [0.717, 1.165) is 11.3 Å². The number of benzene rings is 3. The zero-order valence-corrected chi connectivity index (χ0v) is 19.5. The molecular formula is C27H27N3O5. The quantitative estimate of drug-likeness (QED) is 0.390. The molecule has 2 fully saturated rings. The van der Waals surface area contributed by atoms with Gasteiger partial charge >= 0.3 is 0 Å². The smallest absolute Gasteiger partial charge is 0.269 e. The number of hydrogen-bond donors (Lipinski definition) is 0. The highest BCUT2D eigenvalue weighted by atomic mass is 16.6. The Morgan fingerprint density at radius 2 is 1.66 bits per heavy atom. The van der Waals surface area contributed by atoms with Crippen LogP contribution in [0.15, 0.2) is 78.9 Å². The lowest BCUT2D eigenvalue weighted by Crippen LogP contribution is -2.55. The van der Waals surface area contributed by atoms with E-state index in [0.29, 0.717) is 43.9 Å². The second kappa shape index (κ2) is 9.38. The Kier molecular flexibility index (Phi) is 6.13. The molecule has 0 saturated carbocycles. The number of anilines is 1. The lowest BCUT2D eigenvalue weighted by Gasteiger charge is -2.45. The predicted molar refractivity (Wildman–Crippen MR) is 132 cm³/mol. The first-order valence-electron chi connectivity index (χ1n) is 11.7. The van der Waals surface area contributed by atoms with Gasteiger partial charge < -0.3 is 19.3 Å². The summed E-state index contributed by atoms with van der Waals surface area (Å²) in [4.78, 5) is 28.6. The van der Waals surface area contributed by atoms with Crippen LogP contribution in [0.3, 0.4) is 0 Å². The molecule has 5 rings (SSSR count). The molecule has 0 unspecified atom stereocenters. The van der Waals surface area contributed by atoms with Gasteiger partial charge in [0, 0.05) is 49.3 Å². The minimum Gasteiger partial charge on any atom is -0.497 e. The summed E-state index contributed by atoms with van der Waals surface area (Å²) in [5.74, 6) is 0.632. The summed E-state index contributed by atoms with van der Waals surface area (Å²) in [6.07, 6.45) is 1.27. The third kappa shape index (κ3) is 4.33. The maximum atomic E-state index is 13.9. The van der Waals surface area contributed by atoms with Crippen molar-refractivity contribution in [2.24, 2.45) is 0 Å². The van der Waals surface area contributed by atoms with Crippen LogP contribution in [-0.2, 0) is 4.74 Å². The van der Waals surface area contributed by atoms with Gasteiger partial charge in [-0.15, -0.1) is 0 Å². The van der Waals surface area contributed by atoms with Gasteiger partial charge in [-0.1, -0.05) is 30.3 Å². The Balaban J connectivity index is 1.41. The van der Waals surface area contributed by atoms with E-state index in [1.165, 1.54) is 12.1 Å². The Labute approximate surface area is 203 Å². The van der Waals surface area contributed by atoms with E-state index in [9.17, 15) is 14.9 Å². The highest BCUT2D eigenvalue weighted by molar-refractivity contribution is 5.95. The average Bonchev–Trinajstić information content (AvgIpc) is 3.27. The fourth-order valence-corrected chi connectivity index (χ4v) is 5.07. The number of rotatable bonds is 5. The van der Waals surface area contributed by atoms with Crippen LogP contribution in [0.25, 0.3) is 0 Å². The Morgan fingerprint density at radius 1 is 1.00 bits per heavy atom. The summed E-state index contributed by atoms with van der Waals surface area (Å²) in [7, 11) is 1.60. The van der Waals surface area contributed by atoms with Crippen LogP contribution in [0, 0.1) is 10.1 Å². The molecule has 2 saturated heterocycles. The van der Waals surface area contributed by atoms with Crippen molar-refractivity contribution in [2.45, 2.75) is 24.6 Å². The Hall–Kier alpha value is -3.91. The topological polar surface area (TPSA) is 85.1 Å². The van der Waals surface area contributed by atoms with E-state index in [1.54, 1.807) is 43.5 Å². The molecule has 0 N–H and O–H groups in total. The molecule has 35 heavy (non-hydrogen) atoms. The average molecular weight is 474 g/mol. The van der Waals surface area contributed by atoms with Crippen LogP contribution in [-0.4, -0.2) is 48.3 Å². The van der Waals surface area contributed by atoms with Crippen molar-refractivity contribution in [2.75, 3.05) is 31.7 Å². The highest BCUT2D eigenvalue weighted by Crippen LogP contribution is 2.44. The van der Waals surface area contributed by atoms with Crippen LogP contribution in [0.5, 0.6) is 5.75 Å². The SMILES string of the molecule is COc1ccc(C(=O)N2[C@H](c3ccccc3)COC23CCN(c2ccc([N+](=O)[O-])cc2)CC3)cc1. The maximum absolute atomic E-state index is 13.9. The molecular weight excluding hydrogens is 446 g/mol. The van der Waals surface area contributed by atoms with E-state index in [-0.39, 0.29) is 17.6 Å². The van der Waals surface area contributed by atoms with E-state index in [4.69, 9.17) is 9.47 Å². The van der Waals surface area contributed by atoms with Gasteiger partial charge in [0.2, 0.25) is 0 Å². The van der Waals surface area contributed by atoms with E-state index >= 15 is 0 Å². The highest BCUT2D eigenvalue weighted by Gasteiger charge is 2.52. The van der Waals surface area contributed by atoms with E-state index in [1.807, 2.05) is 35.2 Å². The monoisotopic (exact) mass is 473 g/mol. The molecule has 3 aromatic rings. The summed E-state index contributed by atoms with van der Waals surface area (Å²) in [6, 6.07) is 23.6. The minimum absolute atomic E-state index is 0.0669. The molecule has 1 spiro atoms. The summed E-state index contributed by atoms with van der Waals surface area (Å²) >= 11 is 0. The van der Waals surface area contributed by atoms with Crippen molar-refractivity contribution >= 4 is 17.3 Å². The van der Waals surface area contributed by atoms with Gasteiger partial charge in [0.05, 0.1) is 24.7 Å². The molecule has 8 nitrogen and oxygen atoms in total. The van der Waals surface area contributed by atoms with Crippen molar-refractivity contribution in [1.82, 2.24) is 4.90 Å². The largest absolute Gasteiger partial charge is 0.497 e. The molecule has 0 radical (unpaired) electrons. The van der Waals surface area contributed by atoms with Gasteiger partial charge in [-0.3, -0.25) is 14.9 Å². The molecule has 0 aliphatic carbocycles. The first-order valence-corrected chi connectivity index (χ1v) is 11.7. The van der Waals surface area contributed by atoms with Crippen LogP contribution < -0.4 is 9.64 Å². The molecule has 0 aromatic heterocycles. The molecule has 3 aromatic carbocycles. The number of hydrogen-bond acceptors (Lipinski definition) is 6.